The van der Waals surface area contributed by atoms with Crippen molar-refractivity contribution in [2.24, 2.45) is 5.41 Å². The van der Waals surface area contributed by atoms with Gasteiger partial charge in [-0.1, -0.05) is 20.8 Å². The molecule has 7 heteroatoms. The van der Waals surface area contributed by atoms with E-state index in [9.17, 15) is 18.0 Å². The summed E-state index contributed by atoms with van der Waals surface area (Å²) in [4.78, 5) is 18.2. The predicted molar refractivity (Wildman–Crippen MR) is 87.7 cm³/mol. The van der Waals surface area contributed by atoms with E-state index >= 15 is 0 Å². The van der Waals surface area contributed by atoms with Crippen LogP contribution in [0.2, 0.25) is 0 Å². The van der Waals surface area contributed by atoms with Gasteiger partial charge in [0.1, 0.15) is 6.04 Å². The first-order chi connectivity index (χ1) is 11.0. The summed E-state index contributed by atoms with van der Waals surface area (Å²) in [5.74, 6) is 0.147. The van der Waals surface area contributed by atoms with Crippen molar-refractivity contribution in [3.8, 4) is 0 Å². The average molecular weight is 349 g/mol. The Balaban J connectivity index is 1.92. The highest BCUT2D eigenvalue weighted by Gasteiger charge is 2.42. The number of hydrogen-bond donors (Lipinski definition) is 0. The molecule has 1 amide bonds. The van der Waals surface area contributed by atoms with Crippen LogP contribution in [0.25, 0.3) is 0 Å². The maximum Gasteiger partial charge on any atom is 0.403 e. The zero-order valence-corrected chi connectivity index (χ0v) is 15.2. The third-order valence-corrected chi connectivity index (χ3v) is 4.98. The van der Waals surface area contributed by atoms with Crippen LogP contribution in [-0.4, -0.2) is 78.1 Å². The number of alkyl halides is 3. The standard InChI is InChI=1S/C17H30F3N3O/c1-13(17(18,19)20)21-8-10-22(11-9-21)14-6-5-7-23(15(14)24)12-16(2,3)4/h13-14H,5-12H2,1-4H3. The number of likely N-dealkylation sites (tertiary alicyclic amines) is 1. The topological polar surface area (TPSA) is 26.8 Å². The first kappa shape index (κ1) is 19.5. The number of amides is 1. The Morgan fingerprint density at radius 3 is 2.17 bits per heavy atom. The van der Waals surface area contributed by atoms with Crippen molar-refractivity contribution in [2.45, 2.75) is 58.8 Å². The highest BCUT2D eigenvalue weighted by Crippen LogP contribution is 2.27. The Kier molecular flexibility index (Phi) is 5.85. The summed E-state index contributed by atoms with van der Waals surface area (Å²) in [6.07, 6.45) is -2.41. The molecule has 2 aliphatic heterocycles. The van der Waals surface area contributed by atoms with Crippen molar-refractivity contribution in [3.05, 3.63) is 0 Å². The fourth-order valence-corrected chi connectivity index (χ4v) is 3.63. The monoisotopic (exact) mass is 349 g/mol. The summed E-state index contributed by atoms with van der Waals surface area (Å²) >= 11 is 0. The molecule has 2 aliphatic rings. The summed E-state index contributed by atoms with van der Waals surface area (Å²) in [5.41, 5.74) is 0.0540. The molecule has 24 heavy (non-hydrogen) atoms. The molecule has 0 aromatic heterocycles. The van der Waals surface area contributed by atoms with Crippen LogP contribution < -0.4 is 0 Å². The first-order valence-corrected chi connectivity index (χ1v) is 8.82. The van der Waals surface area contributed by atoms with Crippen molar-refractivity contribution < 1.29 is 18.0 Å². The van der Waals surface area contributed by atoms with Gasteiger partial charge in [-0.25, -0.2) is 0 Å². The molecule has 0 aliphatic carbocycles. The van der Waals surface area contributed by atoms with Crippen molar-refractivity contribution in [2.75, 3.05) is 39.3 Å². The van der Waals surface area contributed by atoms with E-state index in [0.29, 0.717) is 26.2 Å². The number of rotatable bonds is 3. The fourth-order valence-electron chi connectivity index (χ4n) is 3.63. The minimum Gasteiger partial charge on any atom is -0.341 e. The zero-order chi connectivity index (χ0) is 18.1. The van der Waals surface area contributed by atoms with E-state index in [1.54, 1.807) is 0 Å². The molecule has 140 valence electrons. The van der Waals surface area contributed by atoms with Crippen LogP contribution >= 0.6 is 0 Å². The normalized spacial score (nSPS) is 26.7. The fraction of sp³-hybridized carbons (Fsp3) is 0.941. The van der Waals surface area contributed by atoms with Gasteiger partial charge in [0.15, 0.2) is 0 Å². The molecule has 0 N–H and O–H groups in total. The summed E-state index contributed by atoms with van der Waals surface area (Å²) in [6, 6.07) is -1.58. The van der Waals surface area contributed by atoms with E-state index in [0.717, 1.165) is 25.9 Å². The molecule has 0 aromatic rings. The van der Waals surface area contributed by atoms with E-state index in [-0.39, 0.29) is 17.4 Å². The third-order valence-electron chi connectivity index (χ3n) is 4.98. The minimum atomic E-state index is -4.19. The largest absolute Gasteiger partial charge is 0.403 e. The van der Waals surface area contributed by atoms with Gasteiger partial charge in [-0.15, -0.1) is 0 Å². The Morgan fingerprint density at radius 1 is 1.08 bits per heavy atom. The van der Waals surface area contributed by atoms with Gasteiger partial charge in [0, 0.05) is 39.3 Å². The maximum absolute atomic E-state index is 12.8. The number of nitrogens with zero attached hydrogens (tertiary/aromatic N) is 3. The number of carbonyl (C=O) groups is 1. The van der Waals surface area contributed by atoms with Gasteiger partial charge >= 0.3 is 6.18 Å². The lowest BCUT2D eigenvalue weighted by Crippen LogP contribution is -2.60. The number of halogens is 3. The average Bonchev–Trinajstić information content (AvgIpc) is 2.47. The molecule has 2 saturated heterocycles. The van der Waals surface area contributed by atoms with Crippen LogP contribution in [0.1, 0.15) is 40.5 Å². The molecule has 0 spiro atoms. The molecular formula is C17H30F3N3O. The van der Waals surface area contributed by atoms with Crippen LogP contribution in [-0.2, 0) is 4.79 Å². The van der Waals surface area contributed by atoms with Gasteiger partial charge in [-0.3, -0.25) is 14.6 Å². The van der Waals surface area contributed by atoms with E-state index in [1.807, 2.05) is 4.90 Å². The van der Waals surface area contributed by atoms with E-state index in [2.05, 4.69) is 25.7 Å². The highest BCUT2D eigenvalue weighted by molar-refractivity contribution is 5.82. The quantitative estimate of drug-likeness (QED) is 0.784. The van der Waals surface area contributed by atoms with Crippen LogP contribution in [0.3, 0.4) is 0 Å². The third kappa shape index (κ3) is 4.85. The summed E-state index contributed by atoms with van der Waals surface area (Å²) < 4.78 is 38.5. The van der Waals surface area contributed by atoms with Crippen molar-refractivity contribution in [1.29, 1.82) is 0 Å². The Bertz CT molecular complexity index is 439. The minimum absolute atomic E-state index is 0.0540. The van der Waals surface area contributed by atoms with Crippen molar-refractivity contribution in [1.82, 2.24) is 14.7 Å². The molecule has 2 fully saturated rings. The zero-order valence-electron chi connectivity index (χ0n) is 15.2. The van der Waals surface area contributed by atoms with Crippen LogP contribution in [0.4, 0.5) is 13.2 Å². The summed E-state index contributed by atoms with van der Waals surface area (Å²) in [6.45, 7) is 10.9. The Morgan fingerprint density at radius 2 is 1.67 bits per heavy atom. The molecule has 0 radical (unpaired) electrons. The maximum atomic E-state index is 12.8. The molecular weight excluding hydrogens is 319 g/mol. The summed E-state index contributed by atoms with van der Waals surface area (Å²) in [5, 5.41) is 0. The molecule has 0 aromatic carbocycles. The summed E-state index contributed by atoms with van der Waals surface area (Å²) in [7, 11) is 0. The molecule has 2 unspecified atom stereocenters. The first-order valence-electron chi connectivity index (χ1n) is 8.82. The van der Waals surface area contributed by atoms with Gasteiger partial charge in [0.05, 0.1) is 6.04 Å². The number of hydrogen-bond acceptors (Lipinski definition) is 3. The second-order valence-electron chi connectivity index (χ2n) is 8.27. The smallest absolute Gasteiger partial charge is 0.341 e. The van der Waals surface area contributed by atoms with Gasteiger partial charge in [-0.2, -0.15) is 13.2 Å². The van der Waals surface area contributed by atoms with Gasteiger partial charge in [0.2, 0.25) is 5.91 Å². The van der Waals surface area contributed by atoms with Gasteiger partial charge in [0.25, 0.3) is 0 Å². The Labute approximate surface area is 143 Å². The van der Waals surface area contributed by atoms with Crippen LogP contribution in [0.5, 0.6) is 0 Å². The van der Waals surface area contributed by atoms with E-state index < -0.39 is 12.2 Å². The number of carbonyl (C=O) groups excluding carboxylic acids is 1. The second-order valence-corrected chi connectivity index (χ2v) is 8.27. The lowest BCUT2D eigenvalue weighted by molar-refractivity contribution is -0.184. The second kappa shape index (κ2) is 7.20. The molecule has 2 atom stereocenters. The van der Waals surface area contributed by atoms with Gasteiger partial charge in [-0.05, 0) is 25.2 Å². The SMILES string of the molecule is CC(N1CCN(C2CCCN(CC(C)(C)C)C2=O)CC1)C(F)(F)F. The molecule has 2 rings (SSSR count). The number of piperazine rings is 1. The molecule has 0 bridgehead atoms. The van der Waals surface area contributed by atoms with E-state index in [1.165, 1.54) is 11.8 Å². The van der Waals surface area contributed by atoms with Crippen LogP contribution in [0.15, 0.2) is 0 Å². The van der Waals surface area contributed by atoms with E-state index in [4.69, 9.17) is 0 Å². The predicted octanol–water partition coefficient (Wildman–Crippen LogP) is 2.59. The number of piperidine rings is 1. The molecule has 0 saturated carbocycles. The Hall–Kier alpha value is -0.820. The molecule has 2 heterocycles. The lowest BCUT2D eigenvalue weighted by Gasteiger charge is -2.44. The van der Waals surface area contributed by atoms with Crippen LogP contribution in [0, 0.1) is 5.41 Å². The lowest BCUT2D eigenvalue weighted by atomic mass is 9.93. The van der Waals surface area contributed by atoms with Crippen molar-refractivity contribution >= 4 is 5.91 Å². The molecule has 4 nitrogen and oxygen atoms in total. The van der Waals surface area contributed by atoms with Crippen molar-refractivity contribution in [3.63, 3.8) is 0 Å². The van der Waals surface area contributed by atoms with Gasteiger partial charge < -0.3 is 4.90 Å². The highest BCUT2D eigenvalue weighted by atomic mass is 19.4.